The molecule has 0 saturated carbocycles. The van der Waals surface area contributed by atoms with Crippen molar-refractivity contribution in [2.75, 3.05) is 37.6 Å². The molecule has 1 atom stereocenters. The molecule has 180 valence electrons. The molecule has 0 aliphatic carbocycles. The van der Waals surface area contributed by atoms with Crippen LogP contribution in [0.2, 0.25) is 0 Å². The molecule has 1 aromatic heterocycles. The number of carbonyl (C=O) groups is 1. The van der Waals surface area contributed by atoms with Crippen LogP contribution in [0.1, 0.15) is 24.0 Å². The number of carbonyl (C=O) groups excluding carboxylic acids is 1. The Labute approximate surface area is 194 Å². The number of anilines is 1. The van der Waals surface area contributed by atoms with Crippen LogP contribution < -0.4 is 4.90 Å². The lowest BCUT2D eigenvalue weighted by atomic mass is 10.1. The number of amides is 1. The first-order valence-corrected chi connectivity index (χ1v) is 12.4. The minimum Gasteiger partial charge on any atom is -0.353 e. The van der Waals surface area contributed by atoms with Crippen LogP contribution in [0.15, 0.2) is 51.9 Å². The van der Waals surface area contributed by atoms with Crippen molar-refractivity contribution in [3.05, 3.63) is 53.7 Å². The van der Waals surface area contributed by atoms with Crippen molar-refractivity contribution in [1.29, 1.82) is 0 Å². The van der Waals surface area contributed by atoms with Gasteiger partial charge in [-0.25, -0.2) is 4.98 Å². The first-order valence-electron chi connectivity index (χ1n) is 10.9. The first-order chi connectivity index (χ1) is 16.1. The molecule has 2 fully saturated rings. The molecule has 0 N–H and O–H groups in total. The summed E-state index contributed by atoms with van der Waals surface area (Å²) >= 11 is 0. The molecule has 1 aromatic carbocycles. The molecule has 12 heteroatoms. The molecular weight excluding hydrogens is 471 g/mol. The van der Waals surface area contributed by atoms with Crippen LogP contribution in [0.3, 0.4) is 0 Å². The molecule has 8 nitrogen and oxygen atoms in total. The highest BCUT2D eigenvalue weighted by Gasteiger charge is 2.41. The van der Waals surface area contributed by atoms with Gasteiger partial charge in [0.1, 0.15) is 16.8 Å². The summed E-state index contributed by atoms with van der Waals surface area (Å²) in [5.41, 5.74) is -0.287. The second-order valence-corrected chi connectivity index (χ2v) is 10.0. The minimum absolute atomic E-state index is 0.0954. The Morgan fingerprint density at radius 3 is 2.41 bits per heavy atom. The smallest absolute Gasteiger partial charge is 0.353 e. The van der Waals surface area contributed by atoms with Crippen LogP contribution in [-0.4, -0.2) is 73.7 Å². The van der Waals surface area contributed by atoms with E-state index in [9.17, 15) is 26.4 Å². The molecule has 2 saturated heterocycles. The van der Waals surface area contributed by atoms with Gasteiger partial charge >= 0.3 is 6.18 Å². The number of alkyl halides is 3. The van der Waals surface area contributed by atoms with E-state index in [0.717, 1.165) is 18.7 Å². The topological polar surface area (TPSA) is 86.2 Å². The van der Waals surface area contributed by atoms with E-state index in [2.05, 4.69) is 9.38 Å². The van der Waals surface area contributed by atoms with E-state index in [4.69, 9.17) is 0 Å². The number of hydrogen-bond acceptors (Lipinski definition) is 6. The predicted octanol–water partition coefficient (Wildman–Crippen LogP) is 2.36. The van der Waals surface area contributed by atoms with E-state index in [1.54, 1.807) is 28.0 Å². The summed E-state index contributed by atoms with van der Waals surface area (Å²) in [5.74, 6) is 0.658. The van der Waals surface area contributed by atoms with Crippen molar-refractivity contribution in [2.45, 2.75) is 30.0 Å². The molecule has 3 aliphatic rings. The Balaban J connectivity index is 1.27. The largest absolute Gasteiger partial charge is 0.417 e. The van der Waals surface area contributed by atoms with Crippen LogP contribution >= 0.6 is 0 Å². The summed E-state index contributed by atoms with van der Waals surface area (Å²) in [5, 5.41) is 0. The number of benzene rings is 1. The van der Waals surface area contributed by atoms with Gasteiger partial charge in [-0.1, -0.05) is 12.1 Å². The minimum atomic E-state index is -4.44. The molecule has 0 spiro atoms. The van der Waals surface area contributed by atoms with Crippen molar-refractivity contribution < 1.29 is 26.4 Å². The van der Waals surface area contributed by atoms with E-state index in [-0.39, 0.29) is 10.8 Å². The summed E-state index contributed by atoms with van der Waals surface area (Å²) < 4.78 is 67.2. The number of likely N-dealkylation sites (tertiary alicyclic amines) is 1. The van der Waals surface area contributed by atoms with Crippen molar-refractivity contribution in [1.82, 2.24) is 14.8 Å². The number of pyridine rings is 1. The number of aromatic nitrogens is 1. The number of amidine groups is 1. The second-order valence-electron chi connectivity index (χ2n) is 8.45. The number of hydrogen-bond donors (Lipinski definition) is 0. The Morgan fingerprint density at radius 2 is 1.74 bits per heavy atom. The molecule has 0 unspecified atom stereocenters. The fourth-order valence-corrected chi connectivity index (χ4v) is 5.90. The highest BCUT2D eigenvalue weighted by atomic mass is 32.2. The average molecular weight is 494 g/mol. The van der Waals surface area contributed by atoms with E-state index in [0.29, 0.717) is 56.4 Å². The monoisotopic (exact) mass is 493 g/mol. The average Bonchev–Trinajstić information content (AvgIpc) is 3.41. The summed E-state index contributed by atoms with van der Waals surface area (Å²) in [7, 11) is -3.78. The number of rotatable bonds is 2. The highest BCUT2D eigenvalue weighted by Crippen LogP contribution is 2.32. The van der Waals surface area contributed by atoms with Gasteiger partial charge in [-0.05, 0) is 37.1 Å². The maximum atomic E-state index is 13.4. The summed E-state index contributed by atoms with van der Waals surface area (Å²) in [4.78, 5) is 22.8. The second kappa shape index (κ2) is 8.26. The van der Waals surface area contributed by atoms with Crippen LogP contribution in [0.5, 0.6) is 0 Å². The molecule has 4 heterocycles. The number of halogens is 3. The third kappa shape index (κ3) is 3.99. The third-order valence-electron chi connectivity index (χ3n) is 6.41. The predicted molar refractivity (Wildman–Crippen MR) is 118 cm³/mol. The summed E-state index contributed by atoms with van der Waals surface area (Å²) in [6, 6.07) is 8.45. The number of sulfonamides is 1. The Bertz CT molecular complexity index is 1240. The quantitative estimate of drug-likeness (QED) is 0.639. The SMILES string of the molecule is O=C([C@@H]1CCCN1C1=NS(=O)(=O)c2ccccc21)N1CCN(c2ccc(C(F)(F)F)cn2)CC1. The van der Waals surface area contributed by atoms with E-state index >= 15 is 0 Å². The fourth-order valence-electron chi connectivity index (χ4n) is 4.68. The molecule has 3 aliphatic heterocycles. The normalized spacial score (nSPS) is 22.0. The molecular formula is C22H22F3N5O3S. The standard InChI is InChI=1S/C22H22F3N5O3S/c23-22(24,25)15-7-8-19(26-14-15)28-10-12-29(13-11-28)21(31)17-5-3-9-30(17)20-16-4-1-2-6-18(16)34(32,33)27-20/h1-2,4,6-8,14,17H,3,5,9-13H2/t17-/m0/s1. The molecule has 0 bridgehead atoms. The zero-order valence-electron chi connectivity index (χ0n) is 18.1. The van der Waals surface area contributed by atoms with E-state index < -0.39 is 27.8 Å². The summed E-state index contributed by atoms with van der Waals surface area (Å²) in [6.07, 6.45) is -2.28. The Morgan fingerprint density at radius 1 is 1.00 bits per heavy atom. The van der Waals surface area contributed by atoms with Crippen LogP contribution in [0, 0.1) is 0 Å². The van der Waals surface area contributed by atoms with E-state index in [1.807, 2.05) is 4.90 Å². The van der Waals surface area contributed by atoms with Crippen molar-refractivity contribution in [3.8, 4) is 0 Å². The van der Waals surface area contributed by atoms with Crippen molar-refractivity contribution >= 4 is 27.6 Å². The lowest BCUT2D eigenvalue weighted by molar-refractivity contribution is -0.138. The molecule has 34 heavy (non-hydrogen) atoms. The zero-order chi connectivity index (χ0) is 24.1. The fraction of sp³-hybridized carbons (Fsp3) is 0.409. The maximum Gasteiger partial charge on any atom is 0.417 e. The van der Waals surface area contributed by atoms with Gasteiger partial charge < -0.3 is 14.7 Å². The Hall–Kier alpha value is -3.15. The number of piperazine rings is 1. The molecule has 5 rings (SSSR count). The highest BCUT2D eigenvalue weighted by molar-refractivity contribution is 7.90. The molecule has 1 amide bonds. The number of fused-ring (bicyclic) bond motifs is 1. The maximum absolute atomic E-state index is 13.4. The first kappa shape index (κ1) is 22.6. The van der Waals surface area contributed by atoms with Gasteiger partial charge in [0, 0.05) is 44.5 Å². The van der Waals surface area contributed by atoms with Crippen LogP contribution in [-0.2, 0) is 21.0 Å². The van der Waals surface area contributed by atoms with Gasteiger partial charge in [-0.3, -0.25) is 4.79 Å². The van der Waals surface area contributed by atoms with Gasteiger partial charge in [0.25, 0.3) is 10.0 Å². The van der Waals surface area contributed by atoms with Gasteiger partial charge in [0.05, 0.1) is 5.56 Å². The van der Waals surface area contributed by atoms with E-state index in [1.165, 1.54) is 12.1 Å². The molecule has 2 aromatic rings. The van der Waals surface area contributed by atoms with Crippen molar-refractivity contribution in [3.63, 3.8) is 0 Å². The Kier molecular flexibility index (Phi) is 5.50. The van der Waals surface area contributed by atoms with Gasteiger partial charge in [0.15, 0.2) is 5.84 Å². The van der Waals surface area contributed by atoms with Gasteiger partial charge in [-0.2, -0.15) is 21.6 Å². The molecule has 0 radical (unpaired) electrons. The van der Waals surface area contributed by atoms with Crippen LogP contribution in [0.25, 0.3) is 0 Å². The third-order valence-corrected chi connectivity index (χ3v) is 7.74. The number of nitrogens with zero attached hydrogens (tertiary/aromatic N) is 5. The summed E-state index contributed by atoms with van der Waals surface area (Å²) in [6.45, 7) is 2.21. The van der Waals surface area contributed by atoms with Gasteiger partial charge in [-0.15, -0.1) is 4.40 Å². The lowest BCUT2D eigenvalue weighted by Gasteiger charge is -2.38. The van der Waals surface area contributed by atoms with Crippen LogP contribution in [0.4, 0.5) is 19.0 Å². The lowest BCUT2D eigenvalue weighted by Crippen LogP contribution is -2.54. The van der Waals surface area contributed by atoms with Crippen molar-refractivity contribution in [2.24, 2.45) is 4.40 Å². The zero-order valence-corrected chi connectivity index (χ0v) is 18.9. The van der Waals surface area contributed by atoms with Gasteiger partial charge in [0.2, 0.25) is 5.91 Å².